The lowest BCUT2D eigenvalue weighted by Crippen LogP contribution is -2.24. The van der Waals surface area contributed by atoms with Gasteiger partial charge in [0, 0.05) is 6.54 Å². The minimum Gasteiger partial charge on any atom is -0.497 e. The molecule has 0 heterocycles. The van der Waals surface area contributed by atoms with E-state index in [4.69, 9.17) is 14.6 Å². The predicted molar refractivity (Wildman–Crippen MR) is 88.5 cm³/mol. The maximum Gasteiger partial charge on any atom is 0.255 e. The third kappa shape index (κ3) is 4.24. The van der Waals surface area contributed by atoms with Crippen molar-refractivity contribution in [2.24, 2.45) is 5.14 Å². The van der Waals surface area contributed by atoms with E-state index in [-0.39, 0.29) is 22.8 Å². The van der Waals surface area contributed by atoms with Crippen LogP contribution in [0.15, 0.2) is 47.4 Å². The number of carbonyl (C=O) groups excluding carboxylic acids is 1. The van der Waals surface area contributed by atoms with Gasteiger partial charge in [-0.25, -0.2) is 13.6 Å². The van der Waals surface area contributed by atoms with Crippen LogP contribution in [0.3, 0.4) is 0 Å². The molecule has 8 heteroatoms. The van der Waals surface area contributed by atoms with Crippen LogP contribution in [-0.4, -0.2) is 28.5 Å². The number of rotatable bonds is 6. The highest BCUT2D eigenvalue weighted by Gasteiger charge is 2.17. The Morgan fingerprint density at radius 1 is 1.12 bits per heavy atom. The molecule has 0 fully saturated rings. The molecule has 128 valence electrons. The number of methoxy groups -OCH3 is 2. The molecular weight excluding hydrogens is 332 g/mol. The number of ether oxygens (including phenoxy) is 2. The van der Waals surface area contributed by atoms with Crippen LogP contribution < -0.4 is 19.9 Å². The molecule has 0 radical (unpaired) electrons. The molecule has 2 aromatic rings. The lowest BCUT2D eigenvalue weighted by Gasteiger charge is -2.11. The van der Waals surface area contributed by atoms with E-state index in [0.717, 1.165) is 5.56 Å². The second-order valence-electron chi connectivity index (χ2n) is 4.94. The van der Waals surface area contributed by atoms with Crippen LogP contribution >= 0.6 is 0 Å². The Morgan fingerprint density at radius 3 is 2.50 bits per heavy atom. The average Bonchev–Trinajstić information content (AvgIpc) is 2.58. The fraction of sp³-hybridized carbons (Fsp3) is 0.188. The van der Waals surface area contributed by atoms with Gasteiger partial charge in [0.2, 0.25) is 10.0 Å². The summed E-state index contributed by atoms with van der Waals surface area (Å²) >= 11 is 0. The maximum absolute atomic E-state index is 12.4. The van der Waals surface area contributed by atoms with Gasteiger partial charge in [0.1, 0.15) is 11.5 Å². The summed E-state index contributed by atoms with van der Waals surface area (Å²) in [7, 11) is -0.962. The molecule has 1 amide bonds. The first-order valence-corrected chi connectivity index (χ1v) is 8.51. The molecule has 0 aromatic heterocycles. The van der Waals surface area contributed by atoms with Gasteiger partial charge in [0.05, 0.1) is 24.7 Å². The summed E-state index contributed by atoms with van der Waals surface area (Å²) in [5, 5.41) is 7.81. The van der Waals surface area contributed by atoms with E-state index in [2.05, 4.69) is 5.32 Å². The zero-order valence-corrected chi connectivity index (χ0v) is 14.1. The van der Waals surface area contributed by atoms with Gasteiger partial charge in [0.15, 0.2) is 0 Å². The van der Waals surface area contributed by atoms with Gasteiger partial charge >= 0.3 is 0 Å². The van der Waals surface area contributed by atoms with Gasteiger partial charge in [-0.3, -0.25) is 4.79 Å². The molecule has 24 heavy (non-hydrogen) atoms. The van der Waals surface area contributed by atoms with E-state index in [0.29, 0.717) is 5.75 Å². The summed E-state index contributed by atoms with van der Waals surface area (Å²) in [6.45, 7) is 0.249. The number of nitrogens with one attached hydrogen (secondary N) is 1. The molecule has 0 saturated carbocycles. The largest absolute Gasteiger partial charge is 0.497 e. The summed E-state index contributed by atoms with van der Waals surface area (Å²) in [4.78, 5) is 12.2. The number of hydrogen-bond acceptors (Lipinski definition) is 5. The van der Waals surface area contributed by atoms with Gasteiger partial charge in [-0.15, -0.1) is 0 Å². The van der Waals surface area contributed by atoms with Crippen LogP contribution in [0.1, 0.15) is 15.9 Å². The zero-order chi connectivity index (χ0) is 17.7. The van der Waals surface area contributed by atoms with E-state index in [1.165, 1.54) is 25.3 Å². The van der Waals surface area contributed by atoms with Crippen molar-refractivity contribution in [2.75, 3.05) is 14.2 Å². The van der Waals surface area contributed by atoms with Crippen molar-refractivity contribution in [3.63, 3.8) is 0 Å². The molecule has 0 aliphatic carbocycles. The van der Waals surface area contributed by atoms with E-state index in [9.17, 15) is 13.2 Å². The highest BCUT2D eigenvalue weighted by molar-refractivity contribution is 7.89. The van der Waals surface area contributed by atoms with Crippen molar-refractivity contribution in [3.8, 4) is 11.5 Å². The second-order valence-corrected chi connectivity index (χ2v) is 6.50. The molecule has 7 nitrogen and oxygen atoms in total. The number of sulfonamides is 1. The van der Waals surface area contributed by atoms with Crippen molar-refractivity contribution in [3.05, 3.63) is 53.6 Å². The Labute approximate surface area is 140 Å². The van der Waals surface area contributed by atoms with Gasteiger partial charge in [-0.05, 0) is 35.9 Å². The minimum absolute atomic E-state index is 0.0897. The van der Waals surface area contributed by atoms with E-state index in [1.807, 2.05) is 12.1 Å². The van der Waals surface area contributed by atoms with Crippen molar-refractivity contribution in [1.82, 2.24) is 5.32 Å². The van der Waals surface area contributed by atoms with Crippen LogP contribution in [0.4, 0.5) is 0 Å². The number of hydrogen-bond donors (Lipinski definition) is 2. The molecule has 0 saturated heterocycles. The first kappa shape index (κ1) is 17.8. The fourth-order valence-corrected chi connectivity index (χ4v) is 2.64. The molecule has 0 aliphatic heterocycles. The van der Waals surface area contributed by atoms with Crippen molar-refractivity contribution in [1.29, 1.82) is 0 Å². The van der Waals surface area contributed by atoms with Gasteiger partial charge in [0.25, 0.3) is 5.91 Å². The Balaban J connectivity index is 2.22. The molecule has 0 atom stereocenters. The number of nitrogens with two attached hydrogens (primary N) is 1. The third-order valence-electron chi connectivity index (χ3n) is 3.33. The average molecular weight is 350 g/mol. The Kier molecular flexibility index (Phi) is 5.42. The van der Waals surface area contributed by atoms with Crippen LogP contribution in [0.2, 0.25) is 0 Å². The quantitative estimate of drug-likeness (QED) is 0.816. The summed E-state index contributed by atoms with van der Waals surface area (Å²) in [5.74, 6) is 0.460. The van der Waals surface area contributed by atoms with Crippen molar-refractivity contribution >= 4 is 15.9 Å². The highest BCUT2D eigenvalue weighted by atomic mass is 32.2. The molecule has 0 unspecified atom stereocenters. The van der Waals surface area contributed by atoms with Crippen LogP contribution in [0.25, 0.3) is 0 Å². The number of primary sulfonamides is 1. The lowest BCUT2D eigenvalue weighted by molar-refractivity contribution is 0.0947. The van der Waals surface area contributed by atoms with Crippen molar-refractivity contribution in [2.45, 2.75) is 11.4 Å². The molecule has 2 aromatic carbocycles. The monoisotopic (exact) mass is 350 g/mol. The molecule has 0 bridgehead atoms. The third-order valence-corrected chi connectivity index (χ3v) is 4.24. The van der Waals surface area contributed by atoms with Gasteiger partial charge < -0.3 is 14.8 Å². The van der Waals surface area contributed by atoms with Gasteiger partial charge in [-0.2, -0.15) is 0 Å². The molecule has 2 rings (SSSR count). The first-order valence-electron chi connectivity index (χ1n) is 6.97. The van der Waals surface area contributed by atoms with E-state index >= 15 is 0 Å². The fourth-order valence-electron chi connectivity index (χ4n) is 2.10. The van der Waals surface area contributed by atoms with Gasteiger partial charge in [-0.1, -0.05) is 12.1 Å². The Morgan fingerprint density at radius 2 is 1.88 bits per heavy atom. The Hall–Kier alpha value is -2.58. The topological polar surface area (TPSA) is 108 Å². The van der Waals surface area contributed by atoms with Crippen LogP contribution in [-0.2, 0) is 16.6 Å². The first-order chi connectivity index (χ1) is 11.3. The summed E-state index contributed by atoms with van der Waals surface area (Å²) in [5.41, 5.74) is 0.927. The normalized spacial score (nSPS) is 11.0. The summed E-state index contributed by atoms with van der Waals surface area (Å²) in [6.07, 6.45) is 0. The molecule has 0 spiro atoms. The SMILES string of the molecule is COc1cccc(CNC(=O)c2cc(S(N)(=O)=O)ccc2OC)c1. The molecule has 0 aliphatic rings. The molecular formula is C16H18N2O5S. The van der Waals surface area contributed by atoms with Crippen molar-refractivity contribution < 1.29 is 22.7 Å². The highest BCUT2D eigenvalue weighted by Crippen LogP contribution is 2.22. The van der Waals surface area contributed by atoms with E-state index < -0.39 is 15.9 Å². The minimum atomic E-state index is -3.91. The van der Waals surface area contributed by atoms with Crippen LogP contribution in [0.5, 0.6) is 11.5 Å². The predicted octanol–water partition coefficient (Wildman–Crippen LogP) is 1.28. The smallest absolute Gasteiger partial charge is 0.255 e. The number of amides is 1. The Bertz CT molecular complexity index is 849. The second kappa shape index (κ2) is 7.33. The van der Waals surface area contributed by atoms with E-state index in [1.54, 1.807) is 19.2 Å². The lowest BCUT2D eigenvalue weighted by atomic mass is 10.1. The zero-order valence-electron chi connectivity index (χ0n) is 13.3. The number of carbonyl (C=O) groups is 1. The summed E-state index contributed by atoms with van der Waals surface area (Å²) in [6, 6.07) is 11.1. The standard InChI is InChI=1S/C16H18N2O5S/c1-22-12-5-3-4-11(8-12)10-18-16(19)14-9-13(24(17,20)21)6-7-15(14)23-2/h3-9H,10H2,1-2H3,(H,18,19)(H2,17,20,21). The summed E-state index contributed by atoms with van der Waals surface area (Å²) < 4.78 is 33.1. The maximum atomic E-state index is 12.4. The number of benzene rings is 2. The molecule has 3 N–H and O–H groups in total. The van der Waals surface area contributed by atoms with Crippen LogP contribution in [0, 0.1) is 0 Å².